The summed E-state index contributed by atoms with van der Waals surface area (Å²) in [5.74, 6) is -0.231. The van der Waals surface area contributed by atoms with Crippen LogP contribution < -0.4 is 19.1 Å². The van der Waals surface area contributed by atoms with Gasteiger partial charge in [0.25, 0.3) is 5.91 Å². The number of aliphatic hydroxyl groups excluding tert-OH is 1. The lowest BCUT2D eigenvalue weighted by atomic mass is 9.95. The Balaban J connectivity index is 1.68. The minimum Gasteiger partial charge on any atom is -0.503 e. The minimum atomic E-state index is -0.975. The Morgan fingerprint density at radius 3 is 2.60 bits per heavy atom. The largest absolute Gasteiger partial charge is 0.503 e. The number of carbonyl (C=O) groups excluding carboxylic acids is 2. The number of amides is 1. The minimum absolute atomic E-state index is 0.0456. The van der Waals surface area contributed by atoms with Gasteiger partial charge in [-0.1, -0.05) is 30.1 Å². The van der Waals surface area contributed by atoms with E-state index in [-0.39, 0.29) is 12.2 Å². The number of aliphatic hydroxyl groups is 1. The van der Waals surface area contributed by atoms with Crippen molar-refractivity contribution in [2.45, 2.75) is 26.8 Å². The molecule has 0 spiro atoms. The van der Waals surface area contributed by atoms with E-state index in [4.69, 9.17) is 14.2 Å². The number of carbonyl (C=O) groups is 2. The summed E-state index contributed by atoms with van der Waals surface area (Å²) in [5.41, 5.74) is 1.69. The van der Waals surface area contributed by atoms with Crippen molar-refractivity contribution in [3.05, 3.63) is 81.5 Å². The maximum absolute atomic E-state index is 13.9. The lowest BCUT2D eigenvalue weighted by molar-refractivity contribution is -0.117. The topological polar surface area (TPSA) is 111 Å². The smallest absolute Gasteiger partial charge is 0.296 e. The third kappa shape index (κ3) is 4.82. The van der Waals surface area contributed by atoms with Gasteiger partial charge in [-0.25, -0.2) is 9.97 Å². The van der Waals surface area contributed by atoms with Gasteiger partial charge in [-0.3, -0.25) is 14.5 Å². The molecule has 0 bridgehead atoms. The predicted molar refractivity (Wildman–Crippen MR) is 155 cm³/mol. The normalized spacial score (nSPS) is 15.2. The fraction of sp³-hybridized carbons (Fsp3) is 0.241. The van der Waals surface area contributed by atoms with E-state index in [1.165, 1.54) is 27.6 Å². The Bertz CT molecular complexity index is 1670. The van der Waals surface area contributed by atoms with Crippen LogP contribution in [0.15, 0.2) is 60.4 Å². The van der Waals surface area contributed by atoms with Gasteiger partial charge in [0.2, 0.25) is 5.78 Å². The number of aryl methyl sites for hydroxylation is 2. The Morgan fingerprint density at radius 2 is 1.93 bits per heavy atom. The molecule has 1 aliphatic heterocycles. The van der Waals surface area contributed by atoms with Gasteiger partial charge >= 0.3 is 0 Å². The number of fused-ring (bicyclic) bond motifs is 1. The van der Waals surface area contributed by atoms with E-state index in [1.54, 1.807) is 57.4 Å². The van der Waals surface area contributed by atoms with E-state index in [2.05, 4.69) is 16.5 Å². The molecule has 0 fully saturated rings. The van der Waals surface area contributed by atoms with Crippen LogP contribution >= 0.6 is 22.7 Å². The highest BCUT2D eigenvalue weighted by Crippen LogP contribution is 2.46. The first-order valence-electron chi connectivity index (χ1n) is 12.5. The van der Waals surface area contributed by atoms with Crippen LogP contribution in [0.5, 0.6) is 17.2 Å². The monoisotopic (exact) mass is 577 g/mol. The molecule has 0 radical (unpaired) electrons. The van der Waals surface area contributed by atoms with Crippen LogP contribution in [0.2, 0.25) is 0 Å². The molecule has 0 saturated carbocycles. The second-order valence-electron chi connectivity index (χ2n) is 8.89. The average molecular weight is 578 g/mol. The zero-order chi connectivity index (χ0) is 28.6. The molecule has 1 amide bonds. The maximum Gasteiger partial charge on any atom is 0.296 e. The van der Waals surface area contributed by atoms with Crippen molar-refractivity contribution in [1.82, 2.24) is 9.97 Å². The summed E-state index contributed by atoms with van der Waals surface area (Å²) in [4.78, 5) is 38.4. The molecule has 11 heteroatoms. The number of rotatable bonds is 10. The molecule has 1 atom stereocenters. The van der Waals surface area contributed by atoms with E-state index in [0.717, 1.165) is 4.70 Å². The van der Waals surface area contributed by atoms with Crippen molar-refractivity contribution < 1.29 is 28.9 Å². The molecule has 4 aromatic rings. The number of Topliss-reactive ketones (excluding diaryl/α,β-unsaturated/α-hetero) is 1. The first kappa shape index (κ1) is 27.4. The van der Waals surface area contributed by atoms with Crippen molar-refractivity contribution in [3.8, 4) is 17.2 Å². The summed E-state index contributed by atoms with van der Waals surface area (Å²) >= 11 is 2.48. The van der Waals surface area contributed by atoms with Gasteiger partial charge < -0.3 is 19.3 Å². The van der Waals surface area contributed by atoms with Crippen LogP contribution in [0.25, 0.3) is 10.2 Å². The molecule has 0 saturated heterocycles. The van der Waals surface area contributed by atoms with E-state index in [1.807, 2.05) is 13.0 Å². The second-order valence-corrected chi connectivity index (χ2v) is 11.1. The van der Waals surface area contributed by atoms with Crippen LogP contribution in [0.1, 0.15) is 38.9 Å². The van der Waals surface area contributed by atoms with E-state index in [9.17, 15) is 14.7 Å². The summed E-state index contributed by atoms with van der Waals surface area (Å²) in [5, 5.41) is 12.2. The van der Waals surface area contributed by atoms with E-state index in [0.29, 0.717) is 55.6 Å². The fourth-order valence-corrected chi connectivity index (χ4v) is 6.46. The van der Waals surface area contributed by atoms with Crippen molar-refractivity contribution >= 4 is 49.7 Å². The highest BCUT2D eigenvalue weighted by atomic mass is 32.1. The van der Waals surface area contributed by atoms with Crippen LogP contribution in [0.3, 0.4) is 0 Å². The summed E-state index contributed by atoms with van der Waals surface area (Å²) in [7, 11) is 1.57. The van der Waals surface area contributed by atoms with Crippen molar-refractivity contribution in [3.63, 3.8) is 0 Å². The van der Waals surface area contributed by atoms with Gasteiger partial charge in [0.15, 0.2) is 22.4 Å². The number of thiazole rings is 2. The molecule has 1 N–H and O–H groups in total. The quantitative estimate of drug-likeness (QED) is 0.177. The third-order valence-corrected chi connectivity index (χ3v) is 8.38. The van der Waals surface area contributed by atoms with Gasteiger partial charge in [0.05, 0.1) is 51.1 Å². The molecule has 3 heterocycles. The molecule has 40 heavy (non-hydrogen) atoms. The second kappa shape index (κ2) is 11.1. The van der Waals surface area contributed by atoms with Gasteiger partial charge in [0, 0.05) is 0 Å². The summed E-state index contributed by atoms with van der Waals surface area (Å²) in [6, 6.07) is 9.62. The van der Waals surface area contributed by atoms with Gasteiger partial charge in [-0.2, -0.15) is 0 Å². The molecule has 2 aromatic carbocycles. The first-order valence-corrected chi connectivity index (χ1v) is 14.1. The summed E-state index contributed by atoms with van der Waals surface area (Å²) < 4.78 is 17.7. The molecule has 2 aromatic heterocycles. The van der Waals surface area contributed by atoms with Crippen LogP contribution in [-0.2, 0) is 4.79 Å². The number of anilines is 1. The molecule has 1 unspecified atom stereocenters. The zero-order valence-electron chi connectivity index (χ0n) is 22.4. The summed E-state index contributed by atoms with van der Waals surface area (Å²) in [6.45, 7) is 9.72. The first-order chi connectivity index (χ1) is 19.3. The Labute approximate surface area is 239 Å². The number of ether oxygens (including phenoxy) is 3. The van der Waals surface area contributed by atoms with Gasteiger partial charge in [-0.15, -0.1) is 11.3 Å². The Hall–Kier alpha value is -4.22. The third-order valence-electron chi connectivity index (χ3n) is 6.29. The molecule has 9 nitrogen and oxygen atoms in total. The number of hydrogen-bond donors (Lipinski definition) is 1. The highest BCUT2D eigenvalue weighted by molar-refractivity contribution is 7.22. The number of ketones is 1. The number of nitrogens with zero attached hydrogens (tertiary/aromatic N) is 3. The number of hydrogen-bond acceptors (Lipinski definition) is 10. The molecule has 206 valence electrons. The van der Waals surface area contributed by atoms with Crippen LogP contribution in [-0.4, -0.2) is 47.1 Å². The predicted octanol–water partition coefficient (Wildman–Crippen LogP) is 6.12. The molecule has 0 aliphatic carbocycles. The van der Waals surface area contributed by atoms with E-state index < -0.39 is 23.5 Å². The lowest BCUT2D eigenvalue weighted by Crippen LogP contribution is -2.31. The SMILES string of the molecule is C=CCOc1ccc(C2C(C(=O)c3sc(C)nc3C)=C(O)C(=O)N2c2nc3ccc(OC)cc3s2)cc1OCC. The highest BCUT2D eigenvalue weighted by Gasteiger charge is 2.46. The average Bonchev–Trinajstić information content (AvgIpc) is 3.59. The number of benzene rings is 2. The molecule has 5 rings (SSSR count). The van der Waals surface area contributed by atoms with Crippen molar-refractivity contribution in [1.29, 1.82) is 0 Å². The maximum atomic E-state index is 13.9. The van der Waals surface area contributed by atoms with Crippen molar-refractivity contribution in [2.75, 3.05) is 25.2 Å². The lowest BCUT2D eigenvalue weighted by Gasteiger charge is -2.25. The Morgan fingerprint density at radius 1 is 1.12 bits per heavy atom. The number of methoxy groups -OCH3 is 1. The standard InChI is InChI=1S/C29H27N3O6S2/c1-6-12-38-20-11-8-17(13-21(20)37-7-2)24-23(25(33)27-15(3)30-16(4)39-27)26(34)28(35)32(24)29-31-19-10-9-18(36-5)14-22(19)40-29/h6,8-11,13-14,24,34H,1,7,12H2,2-5H3. The molecular weight excluding hydrogens is 550 g/mol. The fourth-order valence-electron chi connectivity index (χ4n) is 4.57. The van der Waals surface area contributed by atoms with Crippen LogP contribution in [0, 0.1) is 13.8 Å². The van der Waals surface area contributed by atoms with Gasteiger partial charge in [-0.05, 0) is 56.7 Å². The van der Waals surface area contributed by atoms with Crippen molar-refractivity contribution in [2.24, 2.45) is 0 Å². The molecular formula is C29H27N3O6S2. The van der Waals surface area contributed by atoms with E-state index >= 15 is 0 Å². The summed E-state index contributed by atoms with van der Waals surface area (Å²) in [6.07, 6.45) is 1.63. The molecule has 1 aliphatic rings. The van der Waals surface area contributed by atoms with Crippen LogP contribution in [0.4, 0.5) is 5.13 Å². The Kier molecular flexibility index (Phi) is 7.59. The zero-order valence-corrected chi connectivity index (χ0v) is 24.0. The van der Waals surface area contributed by atoms with Gasteiger partial charge in [0.1, 0.15) is 12.4 Å². The number of aromatic nitrogens is 2.